The van der Waals surface area contributed by atoms with Crippen molar-refractivity contribution in [2.24, 2.45) is 0 Å². The van der Waals surface area contributed by atoms with E-state index in [4.69, 9.17) is 0 Å². The van der Waals surface area contributed by atoms with Crippen LogP contribution in [0.4, 0.5) is 5.69 Å². The minimum atomic E-state index is -0.430. The fourth-order valence-electron chi connectivity index (χ4n) is 2.84. The predicted octanol–water partition coefficient (Wildman–Crippen LogP) is 3.81. The number of rotatable bonds is 6. The summed E-state index contributed by atoms with van der Waals surface area (Å²) in [5, 5.41) is 27.8. The van der Waals surface area contributed by atoms with Crippen molar-refractivity contribution in [3.8, 4) is 17.1 Å². The second-order valence-corrected chi connectivity index (χ2v) is 7.10. The van der Waals surface area contributed by atoms with Gasteiger partial charge < -0.3 is 0 Å². The average Bonchev–Trinajstić information content (AvgIpc) is 3.35. The molecule has 4 rings (SSSR count). The van der Waals surface area contributed by atoms with Gasteiger partial charge in [0.2, 0.25) is 5.82 Å². The van der Waals surface area contributed by atoms with Gasteiger partial charge in [0.15, 0.2) is 0 Å². The molecule has 0 atom stereocenters. The molecule has 0 amide bonds. The molecule has 29 heavy (non-hydrogen) atoms. The average molecular weight is 454 g/mol. The Balaban J connectivity index is 1.55. The molecule has 2 heterocycles. The number of halogens is 1. The third-order valence-corrected chi connectivity index (χ3v) is 5.23. The quantitative estimate of drug-likeness (QED) is 0.324. The first-order valence-corrected chi connectivity index (χ1v) is 9.69. The Bertz CT molecular complexity index is 1150. The highest BCUT2D eigenvalue weighted by atomic mass is 79.9. The highest BCUT2D eigenvalue weighted by Crippen LogP contribution is 2.27. The van der Waals surface area contributed by atoms with Crippen LogP contribution in [0.3, 0.4) is 0 Å². The van der Waals surface area contributed by atoms with E-state index in [0.717, 1.165) is 27.8 Å². The maximum absolute atomic E-state index is 10.8. The summed E-state index contributed by atoms with van der Waals surface area (Å²) in [6.45, 7) is 2.47. The summed E-state index contributed by atoms with van der Waals surface area (Å²) in [6.07, 6.45) is 2.67. The van der Waals surface area contributed by atoms with Gasteiger partial charge in [0.05, 0.1) is 28.9 Å². The summed E-state index contributed by atoms with van der Waals surface area (Å²) >= 11 is 3.58. The van der Waals surface area contributed by atoms with Crippen LogP contribution in [0, 0.1) is 10.1 Å². The largest absolute Gasteiger partial charge is 0.269 e. The van der Waals surface area contributed by atoms with Crippen LogP contribution >= 0.6 is 15.9 Å². The second-order valence-electron chi connectivity index (χ2n) is 6.35. The molecular weight excluding hydrogens is 438 g/mol. The Kier molecular flexibility index (Phi) is 5.17. The van der Waals surface area contributed by atoms with E-state index in [1.54, 1.807) is 23.0 Å². The highest BCUT2D eigenvalue weighted by molar-refractivity contribution is 9.10. The summed E-state index contributed by atoms with van der Waals surface area (Å²) in [5.41, 5.74) is 3.79. The smallest absolute Gasteiger partial charge is 0.258 e. The molecule has 0 fully saturated rings. The molecule has 9 nitrogen and oxygen atoms in total. The molecule has 0 N–H and O–H groups in total. The van der Waals surface area contributed by atoms with E-state index in [9.17, 15) is 10.1 Å². The number of benzene rings is 2. The van der Waals surface area contributed by atoms with Crippen molar-refractivity contribution in [3.63, 3.8) is 0 Å². The molecule has 0 aliphatic carbocycles. The molecule has 0 bridgehead atoms. The van der Waals surface area contributed by atoms with E-state index in [-0.39, 0.29) is 5.69 Å². The van der Waals surface area contributed by atoms with Crippen LogP contribution in [-0.2, 0) is 13.0 Å². The molecule has 0 aliphatic heterocycles. The number of aromatic nitrogens is 6. The van der Waals surface area contributed by atoms with Crippen LogP contribution in [0.2, 0.25) is 0 Å². The Morgan fingerprint density at radius 2 is 1.76 bits per heavy atom. The number of hydrogen-bond donors (Lipinski definition) is 0. The molecule has 0 saturated carbocycles. The van der Waals surface area contributed by atoms with Crippen molar-refractivity contribution in [1.29, 1.82) is 0 Å². The minimum Gasteiger partial charge on any atom is -0.258 e. The van der Waals surface area contributed by atoms with E-state index >= 15 is 0 Å². The molecule has 146 valence electrons. The van der Waals surface area contributed by atoms with E-state index in [1.165, 1.54) is 22.5 Å². The fourth-order valence-corrected chi connectivity index (χ4v) is 3.42. The number of hydrogen-bond acceptors (Lipinski definition) is 6. The van der Waals surface area contributed by atoms with Crippen LogP contribution in [0.15, 0.2) is 59.3 Å². The molecule has 0 spiro atoms. The van der Waals surface area contributed by atoms with Gasteiger partial charge in [-0.25, -0.2) is 4.68 Å². The number of aryl methyl sites for hydroxylation is 1. The maximum Gasteiger partial charge on any atom is 0.269 e. The fraction of sp³-hybridized carbons (Fsp3) is 0.158. The number of tetrazole rings is 1. The second kappa shape index (κ2) is 7.92. The third kappa shape index (κ3) is 3.92. The van der Waals surface area contributed by atoms with E-state index in [1.807, 2.05) is 12.1 Å². The molecular formula is C19H16BrN7O2. The number of nitro groups is 1. The summed E-state index contributed by atoms with van der Waals surface area (Å²) in [4.78, 5) is 11.8. The molecule has 2 aromatic heterocycles. The van der Waals surface area contributed by atoms with E-state index in [2.05, 4.69) is 55.5 Å². The van der Waals surface area contributed by atoms with Gasteiger partial charge in [0.25, 0.3) is 5.69 Å². The summed E-state index contributed by atoms with van der Waals surface area (Å²) in [6, 6.07) is 14.4. The lowest BCUT2D eigenvalue weighted by atomic mass is 10.1. The Morgan fingerprint density at radius 3 is 2.41 bits per heavy atom. The zero-order valence-electron chi connectivity index (χ0n) is 15.4. The first kappa shape index (κ1) is 18.9. The van der Waals surface area contributed by atoms with Crippen LogP contribution < -0.4 is 0 Å². The van der Waals surface area contributed by atoms with Crippen LogP contribution in [0.5, 0.6) is 0 Å². The normalized spacial score (nSPS) is 11.0. The van der Waals surface area contributed by atoms with Gasteiger partial charge in [0, 0.05) is 12.1 Å². The highest BCUT2D eigenvalue weighted by Gasteiger charge is 2.16. The van der Waals surface area contributed by atoms with Crippen LogP contribution in [-0.4, -0.2) is 34.9 Å². The van der Waals surface area contributed by atoms with Crippen molar-refractivity contribution in [2.75, 3.05) is 0 Å². The topological polar surface area (TPSA) is 105 Å². The lowest BCUT2D eigenvalue weighted by Crippen LogP contribution is -2.04. The van der Waals surface area contributed by atoms with Gasteiger partial charge in [-0.15, -0.1) is 10.2 Å². The van der Waals surface area contributed by atoms with Crippen molar-refractivity contribution in [3.05, 3.63) is 80.6 Å². The van der Waals surface area contributed by atoms with Crippen LogP contribution in [0.25, 0.3) is 17.1 Å². The van der Waals surface area contributed by atoms with Gasteiger partial charge >= 0.3 is 0 Å². The van der Waals surface area contributed by atoms with Gasteiger partial charge in [-0.05, 0) is 50.8 Å². The Labute approximate surface area is 174 Å². The van der Waals surface area contributed by atoms with E-state index in [0.29, 0.717) is 12.4 Å². The van der Waals surface area contributed by atoms with Gasteiger partial charge in [-0.3, -0.25) is 10.1 Å². The first-order valence-electron chi connectivity index (χ1n) is 8.89. The first-order chi connectivity index (χ1) is 14.0. The zero-order chi connectivity index (χ0) is 20.4. The summed E-state index contributed by atoms with van der Waals surface area (Å²) in [7, 11) is 0. The molecule has 0 radical (unpaired) electrons. The summed E-state index contributed by atoms with van der Waals surface area (Å²) < 4.78 is 2.50. The number of non-ortho nitro benzene ring substituents is 1. The lowest BCUT2D eigenvalue weighted by Gasteiger charge is -2.04. The zero-order valence-corrected chi connectivity index (χ0v) is 17.0. The molecule has 0 unspecified atom stereocenters. The Morgan fingerprint density at radius 1 is 1.07 bits per heavy atom. The van der Waals surface area contributed by atoms with Crippen molar-refractivity contribution >= 4 is 21.6 Å². The van der Waals surface area contributed by atoms with Crippen molar-refractivity contribution in [1.82, 2.24) is 30.0 Å². The molecule has 10 heteroatoms. The summed E-state index contributed by atoms with van der Waals surface area (Å²) in [5.74, 6) is 0.440. The van der Waals surface area contributed by atoms with Crippen LogP contribution in [0.1, 0.15) is 18.1 Å². The van der Waals surface area contributed by atoms with Crippen molar-refractivity contribution < 1.29 is 4.92 Å². The molecule has 4 aromatic rings. The SMILES string of the molecule is CCc1ccc(-n2ncc(-c3nnn(Cc4ccc([N+](=O)[O-])cc4)n3)c2Br)cc1. The molecule has 0 aliphatic rings. The monoisotopic (exact) mass is 453 g/mol. The molecule has 2 aromatic carbocycles. The predicted molar refractivity (Wildman–Crippen MR) is 110 cm³/mol. The minimum absolute atomic E-state index is 0.0457. The lowest BCUT2D eigenvalue weighted by molar-refractivity contribution is -0.384. The number of nitrogens with zero attached hydrogens (tertiary/aromatic N) is 7. The van der Waals surface area contributed by atoms with E-state index < -0.39 is 4.92 Å². The third-order valence-electron chi connectivity index (χ3n) is 4.46. The van der Waals surface area contributed by atoms with Gasteiger partial charge in [-0.2, -0.15) is 9.90 Å². The Hall–Kier alpha value is -3.40. The van der Waals surface area contributed by atoms with Gasteiger partial charge in [0.1, 0.15) is 4.60 Å². The maximum atomic E-state index is 10.8. The van der Waals surface area contributed by atoms with Crippen molar-refractivity contribution in [2.45, 2.75) is 19.9 Å². The standard InChI is InChI=1S/C19H16BrN7O2/c1-2-13-3-7-15(8-4-13)26-18(20)17(11-21-26)19-22-24-25(23-19)12-14-5-9-16(10-6-14)27(28)29/h3-11H,2,12H2,1H3. The molecule has 0 saturated heterocycles. The van der Waals surface area contributed by atoms with Gasteiger partial charge in [-0.1, -0.05) is 31.2 Å². The number of nitro benzene ring substituents is 1.